The molecule has 0 unspecified atom stereocenters. The first-order valence-corrected chi connectivity index (χ1v) is 7.91. The van der Waals surface area contributed by atoms with Gasteiger partial charge in [-0.05, 0) is 12.5 Å². The molecule has 5 nitrogen and oxygen atoms in total. The Hall–Kier alpha value is -1.59. The molecule has 1 aliphatic heterocycles. The fraction of sp³-hybridized carbons (Fsp3) is 0.500. The summed E-state index contributed by atoms with van der Waals surface area (Å²) in [6.07, 6.45) is 0.656. The van der Waals surface area contributed by atoms with Gasteiger partial charge in [-0.2, -0.15) is 0 Å². The number of hydrogen-bond acceptors (Lipinski definition) is 3. The minimum atomic E-state index is -1.33. The number of halogens is 1. The predicted octanol–water partition coefficient (Wildman–Crippen LogP) is 1.84. The third kappa shape index (κ3) is 3.78. The zero-order valence-corrected chi connectivity index (χ0v) is 13.4. The van der Waals surface area contributed by atoms with Crippen molar-refractivity contribution in [1.82, 2.24) is 9.80 Å². The van der Waals surface area contributed by atoms with Crippen LogP contribution in [0.4, 0.5) is 0 Å². The molecule has 0 aromatic heterocycles. The molecule has 0 bridgehead atoms. The van der Waals surface area contributed by atoms with Crippen molar-refractivity contribution in [3.05, 3.63) is 34.9 Å². The fourth-order valence-electron chi connectivity index (χ4n) is 2.48. The Bertz CT molecular complexity index is 550. The lowest BCUT2D eigenvalue weighted by Gasteiger charge is -2.35. The molecule has 1 fully saturated rings. The standard InChI is InChI=1S/C16H21ClN2O3/c1-2-3-8-18-9-10-19(11-14(18)20)16(22)15(21)12-6-4-5-7-13(12)17/h4-7,15,21H,2-3,8-11H2,1H3/t15-/m0/s1. The topological polar surface area (TPSA) is 60.9 Å². The van der Waals surface area contributed by atoms with Crippen molar-refractivity contribution in [2.75, 3.05) is 26.2 Å². The van der Waals surface area contributed by atoms with Gasteiger partial charge in [0.2, 0.25) is 5.91 Å². The van der Waals surface area contributed by atoms with Gasteiger partial charge in [0.15, 0.2) is 6.10 Å². The number of carbonyl (C=O) groups excluding carboxylic acids is 2. The van der Waals surface area contributed by atoms with Gasteiger partial charge in [0, 0.05) is 30.2 Å². The number of rotatable bonds is 5. The van der Waals surface area contributed by atoms with E-state index in [4.69, 9.17) is 11.6 Å². The summed E-state index contributed by atoms with van der Waals surface area (Å²) in [7, 11) is 0. The Morgan fingerprint density at radius 1 is 1.36 bits per heavy atom. The summed E-state index contributed by atoms with van der Waals surface area (Å²) in [5.41, 5.74) is 0.370. The van der Waals surface area contributed by atoms with E-state index in [0.717, 1.165) is 19.4 Å². The third-order valence-corrected chi connectivity index (χ3v) is 4.19. The summed E-state index contributed by atoms with van der Waals surface area (Å²) in [6, 6.07) is 6.69. The molecule has 1 N–H and O–H groups in total. The third-order valence-electron chi connectivity index (χ3n) is 3.85. The van der Waals surface area contributed by atoms with Crippen LogP contribution in [0.2, 0.25) is 5.02 Å². The van der Waals surface area contributed by atoms with Crippen molar-refractivity contribution in [2.45, 2.75) is 25.9 Å². The van der Waals surface area contributed by atoms with Crippen molar-refractivity contribution < 1.29 is 14.7 Å². The van der Waals surface area contributed by atoms with Crippen LogP contribution in [0.5, 0.6) is 0 Å². The van der Waals surface area contributed by atoms with E-state index >= 15 is 0 Å². The van der Waals surface area contributed by atoms with Crippen molar-refractivity contribution >= 4 is 23.4 Å². The van der Waals surface area contributed by atoms with Crippen LogP contribution in [0, 0.1) is 0 Å². The van der Waals surface area contributed by atoms with E-state index in [9.17, 15) is 14.7 Å². The molecule has 22 heavy (non-hydrogen) atoms. The number of benzene rings is 1. The summed E-state index contributed by atoms with van der Waals surface area (Å²) in [5, 5.41) is 10.6. The van der Waals surface area contributed by atoms with E-state index in [0.29, 0.717) is 23.7 Å². The highest BCUT2D eigenvalue weighted by Crippen LogP contribution is 2.24. The molecule has 0 spiro atoms. The first-order chi connectivity index (χ1) is 10.5. The molecule has 0 aliphatic carbocycles. The van der Waals surface area contributed by atoms with Crippen LogP contribution in [0.25, 0.3) is 0 Å². The first-order valence-electron chi connectivity index (χ1n) is 7.53. The number of amides is 2. The molecule has 0 radical (unpaired) electrons. The lowest BCUT2D eigenvalue weighted by atomic mass is 10.1. The zero-order valence-electron chi connectivity index (χ0n) is 12.7. The number of aliphatic hydroxyl groups excluding tert-OH is 1. The number of aliphatic hydroxyl groups is 1. The van der Waals surface area contributed by atoms with Gasteiger partial charge in [-0.15, -0.1) is 0 Å². The quantitative estimate of drug-likeness (QED) is 0.899. The Morgan fingerprint density at radius 3 is 2.73 bits per heavy atom. The summed E-state index contributed by atoms with van der Waals surface area (Å²) >= 11 is 6.01. The van der Waals surface area contributed by atoms with Gasteiger partial charge in [-0.1, -0.05) is 43.1 Å². The Balaban J connectivity index is 2.00. The maximum absolute atomic E-state index is 12.4. The summed E-state index contributed by atoms with van der Waals surface area (Å²) < 4.78 is 0. The molecular formula is C16H21ClN2O3. The Labute approximate surface area is 135 Å². The van der Waals surface area contributed by atoms with E-state index in [-0.39, 0.29) is 12.5 Å². The highest BCUT2D eigenvalue weighted by atomic mass is 35.5. The molecule has 1 saturated heterocycles. The highest BCUT2D eigenvalue weighted by molar-refractivity contribution is 6.31. The average Bonchev–Trinajstić information content (AvgIpc) is 2.53. The zero-order chi connectivity index (χ0) is 16.1. The lowest BCUT2D eigenvalue weighted by molar-refractivity contribution is -0.150. The number of carbonyl (C=O) groups is 2. The maximum atomic E-state index is 12.4. The van der Waals surface area contributed by atoms with Crippen molar-refractivity contribution in [2.24, 2.45) is 0 Å². The van der Waals surface area contributed by atoms with Gasteiger partial charge < -0.3 is 14.9 Å². The second-order valence-corrected chi connectivity index (χ2v) is 5.83. The number of hydrogen-bond donors (Lipinski definition) is 1. The molecule has 2 rings (SSSR count). The van der Waals surface area contributed by atoms with Crippen LogP contribution >= 0.6 is 11.6 Å². The van der Waals surface area contributed by atoms with Crippen LogP contribution in [-0.2, 0) is 9.59 Å². The van der Waals surface area contributed by atoms with Crippen LogP contribution in [0.1, 0.15) is 31.4 Å². The minimum Gasteiger partial charge on any atom is -0.378 e. The summed E-state index contributed by atoms with van der Waals surface area (Å²) in [5.74, 6) is -0.545. The van der Waals surface area contributed by atoms with Gasteiger partial charge in [0.05, 0.1) is 6.54 Å². The molecule has 1 aliphatic rings. The van der Waals surface area contributed by atoms with Gasteiger partial charge >= 0.3 is 0 Å². The Morgan fingerprint density at radius 2 is 2.09 bits per heavy atom. The number of piperazine rings is 1. The van der Waals surface area contributed by atoms with E-state index in [2.05, 4.69) is 6.92 Å². The van der Waals surface area contributed by atoms with Gasteiger partial charge in [0.1, 0.15) is 0 Å². The van der Waals surface area contributed by atoms with Gasteiger partial charge in [-0.3, -0.25) is 9.59 Å². The second kappa shape index (κ2) is 7.61. The molecule has 1 atom stereocenters. The van der Waals surface area contributed by atoms with E-state index < -0.39 is 12.0 Å². The fourth-order valence-corrected chi connectivity index (χ4v) is 2.72. The van der Waals surface area contributed by atoms with Crippen molar-refractivity contribution in [1.29, 1.82) is 0 Å². The summed E-state index contributed by atoms with van der Waals surface area (Å²) in [6.45, 7) is 3.77. The average molecular weight is 325 g/mol. The van der Waals surface area contributed by atoms with Gasteiger partial charge in [-0.25, -0.2) is 0 Å². The largest absolute Gasteiger partial charge is 0.378 e. The number of nitrogens with zero attached hydrogens (tertiary/aromatic N) is 2. The molecule has 1 aromatic carbocycles. The van der Waals surface area contributed by atoms with Gasteiger partial charge in [0.25, 0.3) is 5.91 Å². The van der Waals surface area contributed by atoms with E-state index in [1.807, 2.05) is 0 Å². The Kier molecular flexibility index (Phi) is 5.80. The predicted molar refractivity (Wildman–Crippen MR) is 84.5 cm³/mol. The molecule has 1 heterocycles. The molecule has 0 saturated carbocycles. The van der Waals surface area contributed by atoms with Crippen LogP contribution in [-0.4, -0.2) is 52.9 Å². The number of unbranched alkanes of at least 4 members (excludes halogenated alkanes) is 1. The van der Waals surface area contributed by atoms with Crippen molar-refractivity contribution in [3.8, 4) is 0 Å². The smallest absolute Gasteiger partial charge is 0.256 e. The van der Waals surface area contributed by atoms with Crippen LogP contribution in [0.15, 0.2) is 24.3 Å². The van der Waals surface area contributed by atoms with E-state index in [1.54, 1.807) is 29.2 Å². The monoisotopic (exact) mass is 324 g/mol. The highest BCUT2D eigenvalue weighted by Gasteiger charge is 2.31. The van der Waals surface area contributed by atoms with Crippen molar-refractivity contribution in [3.63, 3.8) is 0 Å². The van der Waals surface area contributed by atoms with Crippen LogP contribution in [0.3, 0.4) is 0 Å². The second-order valence-electron chi connectivity index (χ2n) is 5.42. The molecule has 6 heteroatoms. The molecule has 120 valence electrons. The molecular weight excluding hydrogens is 304 g/mol. The minimum absolute atomic E-state index is 0.0179. The molecule has 1 aromatic rings. The van der Waals surface area contributed by atoms with Crippen LogP contribution < -0.4 is 0 Å². The normalized spacial score (nSPS) is 16.8. The maximum Gasteiger partial charge on any atom is 0.256 e. The molecule has 2 amide bonds. The lowest BCUT2D eigenvalue weighted by Crippen LogP contribution is -2.53. The SMILES string of the molecule is CCCCN1CCN(C(=O)[C@@H](O)c2ccccc2Cl)CC1=O. The first kappa shape index (κ1) is 16.8. The summed E-state index contributed by atoms with van der Waals surface area (Å²) in [4.78, 5) is 27.6. The van der Waals surface area contributed by atoms with E-state index in [1.165, 1.54) is 4.90 Å².